The zero-order chi connectivity index (χ0) is 7.84. The number of carbonyl (C=O) groups is 1. The average Bonchev–Trinajstić information content (AvgIpc) is 2.43. The van der Waals surface area contributed by atoms with Gasteiger partial charge in [-0.25, -0.2) is 4.79 Å². The first-order valence-electron chi connectivity index (χ1n) is 3.70. The van der Waals surface area contributed by atoms with Gasteiger partial charge in [0.15, 0.2) is 6.10 Å². The van der Waals surface area contributed by atoms with E-state index < -0.39 is 6.29 Å². The molecule has 62 valence electrons. The van der Waals surface area contributed by atoms with Crippen LogP contribution in [-0.4, -0.2) is 31.6 Å². The van der Waals surface area contributed by atoms with Gasteiger partial charge in [0.25, 0.3) is 0 Å². The van der Waals surface area contributed by atoms with Crippen LogP contribution < -0.4 is 0 Å². The topological polar surface area (TPSA) is 44.8 Å². The molecule has 0 saturated carbocycles. The fourth-order valence-electron chi connectivity index (χ4n) is 1.50. The minimum absolute atomic E-state index is 0.0392. The average molecular weight is 158 g/mol. The summed E-state index contributed by atoms with van der Waals surface area (Å²) in [5.74, 6) is -0.286. The molecular weight excluding hydrogens is 148 g/mol. The Hall–Kier alpha value is -0.610. The number of rotatable bonds is 1. The predicted octanol–water partition coefficient (Wildman–Crippen LogP) is 0.0633. The van der Waals surface area contributed by atoms with Gasteiger partial charge in [0.1, 0.15) is 6.10 Å². The van der Waals surface area contributed by atoms with Crippen LogP contribution in [0.15, 0.2) is 0 Å². The van der Waals surface area contributed by atoms with E-state index in [1.165, 1.54) is 7.11 Å². The number of cyclic esters (lactones) is 1. The smallest absolute Gasteiger partial charge is 0.337 e. The summed E-state index contributed by atoms with van der Waals surface area (Å²) in [5.41, 5.74) is 0. The fraction of sp³-hybridized carbons (Fsp3) is 0.857. The molecule has 2 saturated heterocycles. The molecule has 0 aromatic rings. The third-order valence-electron chi connectivity index (χ3n) is 2.08. The Kier molecular flexibility index (Phi) is 1.58. The number of methoxy groups -OCH3 is 1. The highest BCUT2D eigenvalue weighted by atomic mass is 16.7. The van der Waals surface area contributed by atoms with Crippen LogP contribution in [0.3, 0.4) is 0 Å². The Labute approximate surface area is 64.4 Å². The summed E-state index contributed by atoms with van der Waals surface area (Å²) < 4.78 is 15.2. The summed E-state index contributed by atoms with van der Waals surface area (Å²) in [6.45, 7) is 0. The zero-order valence-electron chi connectivity index (χ0n) is 6.28. The Morgan fingerprint density at radius 2 is 2.36 bits per heavy atom. The minimum Gasteiger partial charge on any atom is -0.431 e. The van der Waals surface area contributed by atoms with Crippen LogP contribution in [0.1, 0.15) is 12.8 Å². The van der Waals surface area contributed by atoms with Crippen LogP contribution in [0.5, 0.6) is 0 Å². The number of esters is 1. The largest absolute Gasteiger partial charge is 0.431 e. The SMILES string of the molecule is CO[C@H]1OC(=O)[C@H]2CC[C@@H]1O2. The van der Waals surface area contributed by atoms with Crippen molar-refractivity contribution in [3.05, 3.63) is 0 Å². The first-order chi connectivity index (χ1) is 5.31. The third kappa shape index (κ3) is 1.02. The van der Waals surface area contributed by atoms with Crippen molar-refractivity contribution in [2.24, 2.45) is 0 Å². The Balaban J connectivity index is 2.11. The molecule has 2 heterocycles. The molecule has 2 aliphatic rings. The van der Waals surface area contributed by atoms with E-state index in [-0.39, 0.29) is 18.2 Å². The molecule has 0 spiro atoms. The summed E-state index contributed by atoms with van der Waals surface area (Å²) in [7, 11) is 1.51. The molecular formula is C7H10O4. The zero-order valence-corrected chi connectivity index (χ0v) is 6.28. The standard InChI is InChI=1S/C7H10O4/c1-9-7-5-3-2-4(10-5)6(8)11-7/h4-5,7H,2-3H2,1H3/t4-,5+,7+/m1/s1. The lowest BCUT2D eigenvalue weighted by Gasteiger charge is -2.27. The summed E-state index contributed by atoms with van der Waals surface area (Å²) in [6, 6.07) is 0. The van der Waals surface area contributed by atoms with Crippen molar-refractivity contribution >= 4 is 5.97 Å². The second-order valence-electron chi connectivity index (χ2n) is 2.78. The van der Waals surface area contributed by atoms with Gasteiger partial charge in [0.05, 0.1) is 0 Å². The molecule has 11 heavy (non-hydrogen) atoms. The van der Waals surface area contributed by atoms with Gasteiger partial charge in [-0.15, -0.1) is 0 Å². The van der Waals surface area contributed by atoms with E-state index in [0.29, 0.717) is 0 Å². The normalized spacial score (nSPS) is 42.3. The number of hydrogen-bond donors (Lipinski definition) is 0. The maximum atomic E-state index is 11.0. The molecule has 0 N–H and O–H groups in total. The van der Waals surface area contributed by atoms with Crippen molar-refractivity contribution in [3.63, 3.8) is 0 Å². The van der Waals surface area contributed by atoms with Crippen LogP contribution in [0.25, 0.3) is 0 Å². The molecule has 0 aromatic carbocycles. The van der Waals surface area contributed by atoms with Gasteiger partial charge in [0.2, 0.25) is 6.29 Å². The quantitative estimate of drug-likeness (QED) is 0.506. The van der Waals surface area contributed by atoms with Gasteiger partial charge in [-0.05, 0) is 12.8 Å². The Morgan fingerprint density at radius 1 is 1.55 bits per heavy atom. The number of hydrogen-bond acceptors (Lipinski definition) is 4. The van der Waals surface area contributed by atoms with Gasteiger partial charge in [-0.3, -0.25) is 0 Å². The molecule has 0 aromatic heterocycles. The summed E-state index contributed by atoms with van der Waals surface area (Å²) in [5, 5.41) is 0. The summed E-state index contributed by atoms with van der Waals surface area (Å²) >= 11 is 0. The molecule has 0 aliphatic carbocycles. The fourth-order valence-corrected chi connectivity index (χ4v) is 1.50. The van der Waals surface area contributed by atoms with Crippen LogP contribution in [0.2, 0.25) is 0 Å². The predicted molar refractivity (Wildman–Crippen MR) is 34.8 cm³/mol. The second-order valence-corrected chi connectivity index (χ2v) is 2.78. The van der Waals surface area contributed by atoms with Gasteiger partial charge in [-0.1, -0.05) is 0 Å². The van der Waals surface area contributed by atoms with Crippen LogP contribution in [0.4, 0.5) is 0 Å². The molecule has 4 nitrogen and oxygen atoms in total. The number of ether oxygens (including phenoxy) is 3. The lowest BCUT2D eigenvalue weighted by atomic mass is 10.2. The highest BCUT2D eigenvalue weighted by molar-refractivity contribution is 5.76. The van der Waals surface area contributed by atoms with Crippen molar-refractivity contribution in [2.75, 3.05) is 7.11 Å². The van der Waals surface area contributed by atoms with E-state index in [4.69, 9.17) is 14.2 Å². The van der Waals surface area contributed by atoms with Gasteiger partial charge < -0.3 is 14.2 Å². The van der Waals surface area contributed by atoms with Crippen molar-refractivity contribution < 1.29 is 19.0 Å². The van der Waals surface area contributed by atoms with Crippen molar-refractivity contribution in [2.45, 2.75) is 31.3 Å². The number of fused-ring (bicyclic) bond motifs is 2. The van der Waals surface area contributed by atoms with E-state index in [0.717, 1.165) is 12.8 Å². The molecule has 2 aliphatic heterocycles. The van der Waals surface area contributed by atoms with Crippen LogP contribution in [-0.2, 0) is 19.0 Å². The summed E-state index contributed by atoms with van der Waals surface area (Å²) in [6.07, 6.45) is 0.772. The monoisotopic (exact) mass is 158 g/mol. The van der Waals surface area contributed by atoms with Crippen LogP contribution in [0, 0.1) is 0 Å². The van der Waals surface area contributed by atoms with Gasteiger partial charge >= 0.3 is 5.97 Å². The minimum atomic E-state index is -0.485. The lowest BCUT2D eigenvalue weighted by molar-refractivity contribution is -0.232. The summed E-state index contributed by atoms with van der Waals surface area (Å²) in [4.78, 5) is 11.0. The molecule has 0 radical (unpaired) electrons. The van der Waals surface area contributed by atoms with Crippen molar-refractivity contribution in [3.8, 4) is 0 Å². The van der Waals surface area contributed by atoms with Crippen LogP contribution >= 0.6 is 0 Å². The first kappa shape index (κ1) is 7.06. The van der Waals surface area contributed by atoms with Gasteiger partial charge in [-0.2, -0.15) is 0 Å². The van der Waals surface area contributed by atoms with E-state index >= 15 is 0 Å². The lowest BCUT2D eigenvalue weighted by Crippen LogP contribution is -2.41. The van der Waals surface area contributed by atoms with Crippen molar-refractivity contribution in [1.29, 1.82) is 0 Å². The van der Waals surface area contributed by atoms with Crippen molar-refractivity contribution in [1.82, 2.24) is 0 Å². The Morgan fingerprint density at radius 3 is 3.09 bits per heavy atom. The second kappa shape index (κ2) is 2.46. The molecule has 2 fully saturated rings. The van der Waals surface area contributed by atoms with Gasteiger partial charge in [0, 0.05) is 7.11 Å². The Bertz CT molecular complexity index is 179. The molecule has 2 rings (SSSR count). The number of carbonyl (C=O) groups excluding carboxylic acids is 1. The van der Waals surface area contributed by atoms with E-state index in [2.05, 4.69) is 0 Å². The maximum Gasteiger partial charge on any atom is 0.337 e. The highest BCUT2D eigenvalue weighted by Crippen LogP contribution is 2.29. The highest BCUT2D eigenvalue weighted by Gasteiger charge is 2.43. The molecule has 2 bridgehead atoms. The van der Waals surface area contributed by atoms with E-state index in [1.54, 1.807) is 0 Å². The molecule has 3 atom stereocenters. The molecule has 0 amide bonds. The third-order valence-corrected chi connectivity index (χ3v) is 2.08. The first-order valence-corrected chi connectivity index (χ1v) is 3.70. The van der Waals surface area contributed by atoms with E-state index in [1.807, 2.05) is 0 Å². The maximum absolute atomic E-state index is 11.0. The molecule has 0 unspecified atom stereocenters. The molecule has 4 heteroatoms. The van der Waals surface area contributed by atoms with E-state index in [9.17, 15) is 4.79 Å².